The zero-order valence-corrected chi connectivity index (χ0v) is 16.8. The third-order valence-electron chi connectivity index (χ3n) is 8.22. The minimum atomic E-state index is -0.977. The van der Waals surface area contributed by atoms with E-state index >= 15 is 0 Å². The topological polar surface area (TPSA) is 60.4 Å². The van der Waals surface area contributed by atoms with Crippen LogP contribution in [0, 0.1) is 29.1 Å². The molecule has 0 aromatic heterocycles. The summed E-state index contributed by atoms with van der Waals surface area (Å²) in [6.07, 6.45) is 9.29. The Morgan fingerprint density at radius 3 is 2.56 bits per heavy atom. The van der Waals surface area contributed by atoms with Gasteiger partial charge >= 0.3 is 5.97 Å². The summed E-state index contributed by atoms with van der Waals surface area (Å²) in [4.78, 5) is 36.5. The van der Waals surface area contributed by atoms with Crippen LogP contribution in [0.4, 0.5) is 0 Å². The molecule has 0 radical (unpaired) electrons. The largest absolute Gasteiger partial charge is 0.451 e. The van der Waals surface area contributed by atoms with Crippen molar-refractivity contribution in [1.29, 1.82) is 0 Å². The van der Waals surface area contributed by atoms with Gasteiger partial charge in [-0.1, -0.05) is 18.6 Å². The first-order valence-electron chi connectivity index (χ1n) is 10.3. The second kappa shape index (κ2) is 6.15. The molecule has 0 heterocycles. The first-order chi connectivity index (χ1) is 12.7. The molecule has 146 valence electrons. The van der Waals surface area contributed by atoms with E-state index in [9.17, 15) is 14.4 Å². The number of esters is 1. The van der Waals surface area contributed by atoms with Gasteiger partial charge in [-0.15, -0.1) is 0 Å². The van der Waals surface area contributed by atoms with Crippen molar-refractivity contribution in [3.05, 3.63) is 23.3 Å². The van der Waals surface area contributed by atoms with Crippen molar-refractivity contribution >= 4 is 17.5 Å². The maximum absolute atomic E-state index is 12.7. The quantitative estimate of drug-likeness (QED) is 0.684. The van der Waals surface area contributed by atoms with Gasteiger partial charge in [0.1, 0.15) is 0 Å². The Bertz CT molecular complexity index is 775. The molecule has 2 saturated carbocycles. The van der Waals surface area contributed by atoms with Gasteiger partial charge in [0.05, 0.1) is 0 Å². The lowest BCUT2D eigenvalue weighted by molar-refractivity contribution is -0.184. The van der Waals surface area contributed by atoms with E-state index in [1.54, 1.807) is 6.92 Å². The second-order valence-electron chi connectivity index (χ2n) is 9.38. The summed E-state index contributed by atoms with van der Waals surface area (Å²) >= 11 is 0. The van der Waals surface area contributed by atoms with E-state index in [1.807, 2.05) is 6.08 Å². The van der Waals surface area contributed by atoms with Crippen LogP contribution in [-0.4, -0.2) is 23.1 Å². The van der Waals surface area contributed by atoms with Gasteiger partial charge in [0.15, 0.2) is 17.2 Å². The third-order valence-corrected chi connectivity index (χ3v) is 8.22. The van der Waals surface area contributed by atoms with Gasteiger partial charge in [0.25, 0.3) is 0 Å². The molecule has 4 nitrogen and oxygen atoms in total. The van der Waals surface area contributed by atoms with Crippen LogP contribution < -0.4 is 0 Å². The van der Waals surface area contributed by atoms with E-state index in [-0.39, 0.29) is 23.0 Å². The molecule has 0 amide bonds. The van der Waals surface area contributed by atoms with Crippen molar-refractivity contribution in [3.8, 4) is 0 Å². The van der Waals surface area contributed by atoms with Crippen molar-refractivity contribution in [2.45, 2.75) is 71.8 Å². The Kier molecular flexibility index (Phi) is 4.25. The molecule has 0 aliphatic heterocycles. The minimum Gasteiger partial charge on any atom is -0.451 e. The second-order valence-corrected chi connectivity index (χ2v) is 9.38. The average molecular weight is 370 g/mol. The van der Waals surface area contributed by atoms with Gasteiger partial charge in [-0.05, 0) is 81.3 Å². The minimum absolute atomic E-state index is 0.0125. The summed E-state index contributed by atoms with van der Waals surface area (Å²) < 4.78 is 5.79. The molecule has 4 aliphatic rings. The van der Waals surface area contributed by atoms with E-state index in [1.165, 1.54) is 18.1 Å². The standard InChI is InChI=1S/C23H30O4/c1-13-11-20-18(17-6-5-16(26)12-19(13)17)7-9-22(4)21(20)8-10-23(22,14(2)24)27-15(3)25/h11-12,17-18,20-21H,5-10H2,1-4H3/t17-,18-,20-,21+,22?,23+/m1/s1. The average Bonchev–Trinajstić information content (AvgIpc) is 2.89. The fourth-order valence-electron chi connectivity index (χ4n) is 7.04. The Morgan fingerprint density at radius 2 is 1.89 bits per heavy atom. The molecule has 0 aromatic rings. The van der Waals surface area contributed by atoms with Gasteiger partial charge < -0.3 is 4.74 Å². The molecule has 0 aromatic carbocycles. The van der Waals surface area contributed by atoms with Gasteiger partial charge in [-0.3, -0.25) is 14.4 Å². The van der Waals surface area contributed by atoms with E-state index in [0.29, 0.717) is 36.5 Å². The van der Waals surface area contributed by atoms with Crippen molar-refractivity contribution in [3.63, 3.8) is 0 Å². The first-order valence-corrected chi connectivity index (χ1v) is 10.3. The third kappa shape index (κ3) is 2.51. The molecule has 4 heteroatoms. The Hall–Kier alpha value is -1.71. The number of Topliss-reactive ketones (excluding diaryl/α,β-unsaturated/α-hetero) is 1. The van der Waals surface area contributed by atoms with Crippen molar-refractivity contribution in [1.82, 2.24) is 0 Å². The number of allylic oxidation sites excluding steroid dienone is 4. The van der Waals surface area contributed by atoms with Crippen molar-refractivity contribution < 1.29 is 19.1 Å². The predicted molar refractivity (Wildman–Crippen MR) is 102 cm³/mol. The lowest BCUT2D eigenvalue weighted by Gasteiger charge is -2.54. The van der Waals surface area contributed by atoms with Crippen LogP contribution in [0.15, 0.2) is 23.3 Å². The van der Waals surface area contributed by atoms with Crippen molar-refractivity contribution in [2.75, 3.05) is 0 Å². The number of hydrogen-bond acceptors (Lipinski definition) is 4. The number of ether oxygens (including phenoxy) is 1. The summed E-state index contributed by atoms with van der Waals surface area (Å²) in [5.74, 6) is 1.61. The summed E-state index contributed by atoms with van der Waals surface area (Å²) in [6, 6.07) is 0. The summed E-state index contributed by atoms with van der Waals surface area (Å²) in [6.45, 7) is 7.29. The predicted octanol–water partition coefficient (Wildman–Crippen LogP) is 4.19. The highest BCUT2D eigenvalue weighted by molar-refractivity contribution is 5.92. The monoisotopic (exact) mass is 370 g/mol. The van der Waals surface area contributed by atoms with Crippen LogP contribution in [0.1, 0.15) is 66.2 Å². The van der Waals surface area contributed by atoms with Gasteiger partial charge in [-0.2, -0.15) is 0 Å². The van der Waals surface area contributed by atoms with Crippen LogP contribution >= 0.6 is 0 Å². The molecule has 0 bridgehead atoms. The van der Waals surface area contributed by atoms with E-state index in [4.69, 9.17) is 4.74 Å². The SMILES string of the molecule is CC(=O)O[C@]1(C(C)=O)CC[C@H]2[C@@H]3C=C(C)C4=CC(=O)CC[C@@H]4[C@H]3CCC21C. The Balaban J connectivity index is 1.75. The maximum atomic E-state index is 12.7. The molecule has 1 unspecified atom stereocenters. The molecule has 4 rings (SSSR count). The maximum Gasteiger partial charge on any atom is 0.303 e. The number of hydrogen-bond donors (Lipinski definition) is 0. The highest BCUT2D eigenvalue weighted by atomic mass is 16.6. The molecule has 0 spiro atoms. The molecular weight excluding hydrogens is 340 g/mol. The van der Waals surface area contributed by atoms with Crippen LogP contribution in [0.5, 0.6) is 0 Å². The molecule has 4 aliphatic carbocycles. The first kappa shape index (κ1) is 18.6. The number of ketones is 2. The summed E-state index contributed by atoms with van der Waals surface area (Å²) in [5.41, 5.74) is 1.18. The number of rotatable bonds is 2. The van der Waals surface area contributed by atoms with Crippen LogP contribution in [-0.2, 0) is 19.1 Å². The number of carbonyl (C=O) groups is 3. The molecule has 27 heavy (non-hydrogen) atoms. The number of carbonyl (C=O) groups excluding carboxylic acids is 3. The van der Waals surface area contributed by atoms with E-state index in [2.05, 4.69) is 19.9 Å². The fraction of sp³-hybridized carbons (Fsp3) is 0.696. The Morgan fingerprint density at radius 1 is 1.15 bits per heavy atom. The summed E-state index contributed by atoms with van der Waals surface area (Å²) in [7, 11) is 0. The lowest BCUT2D eigenvalue weighted by Crippen LogP contribution is -2.57. The van der Waals surface area contributed by atoms with E-state index < -0.39 is 5.60 Å². The number of fused-ring (bicyclic) bond motifs is 5. The van der Waals surface area contributed by atoms with Gasteiger partial charge in [0, 0.05) is 18.8 Å². The highest BCUT2D eigenvalue weighted by Gasteiger charge is 2.66. The highest BCUT2D eigenvalue weighted by Crippen LogP contribution is 2.65. The zero-order valence-electron chi connectivity index (χ0n) is 16.8. The molecular formula is C23H30O4. The van der Waals surface area contributed by atoms with Crippen LogP contribution in [0.3, 0.4) is 0 Å². The normalized spacial score (nSPS) is 43.0. The fourth-order valence-corrected chi connectivity index (χ4v) is 7.04. The van der Waals surface area contributed by atoms with Crippen LogP contribution in [0.25, 0.3) is 0 Å². The zero-order chi connectivity index (χ0) is 19.6. The smallest absolute Gasteiger partial charge is 0.303 e. The summed E-state index contributed by atoms with van der Waals surface area (Å²) in [5, 5.41) is 0. The molecule has 2 fully saturated rings. The Labute approximate surface area is 161 Å². The molecule has 0 saturated heterocycles. The van der Waals surface area contributed by atoms with E-state index in [0.717, 1.165) is 25.7 Å². The lowest BCUT2D eigenvalue weighted by atomic mass is 9.51. The molecule has 0 N–H and O–H groups in total. The van der Waals surface area contributed by atoms with Gasteiger partial charge in [-0.25, -0.2) is 0 Å². The van der Waals surface area contributed by atoms with Gasteiger partial charge in [0.2, 0.25) is 0 Å². The van der Waals surface area contributed by atoms with Crippen molar-refractivity contribution in [2.24, 2.45) is 29.1 Å². The van der Waals surface area contributed by atoms with Crippen LogP contribution in [0.2, 0.25) is 0 Å². The molecule has 6 atom stereocenters.